The first kappa shape index (κ1) is 18.3. The van der Waals surface area contributed by atoms with Crippen LogP contribution in [0.1, 0.15) is 32.3 Å². The average molecular weight is 369 g/mol. The van der Waals surface area contributed by atoms with E-state index < -0.39 is 0 Å². The second-order valence-electron chi connectivity index (χ2n) is 6.48. The number of rotatable bonds is 5. The maximum absolute atomic E-state index is 12.9. The molecule has 0 fully saturated rings. The second kappa shape index (κ2) is 7.41. The van der Waals surface area contributed by atoms with E-state index in [2.05, 4.69) is 9.97 Å². The van der Waals surface area contributed by atoms with Crippen LogP contribution in [0.4, 0.5) is 0 Å². The van der Waals surface area contributed by atoms with E-state index in [1.807, 2.05) is 52.0 Å². The van der Waals surface area contributed by atoms with E-state index in [1.54, 1.807) is 11.9 Å². The first-order valence-electron chi connectivity index (χ1n) is 8.56. The van der Waals surface area contributed by atoms with Crippen LogP contribution in [-0.4, -0.2) is 41.0 Å². The number of aryl methyl sites for hydroxylation is 4. The highest BCUT2D eigenvalue weighted by atomic mass is 32.1. The van der Waals surface area contributed by atoms with Gasteiger partial charge in [0.2, 0.25) is 0 Å². The van der Waals surface area contributed by atoms with E-state index in [4.69, 9.17) is 4.74 Å². The van der Waals surface area contributed by atoms with Crippen LogP contribution < -0.4 is 4.74 Å². The second-order valence-corrected chi connectivity index (χ2v) is 7.48. The third kappa shape index (κ3) is 3.70. The highest BCUT2D eigenvalue weighted by Crippen LogP contribution is 2.31. The van der Waals surface area contributed by atoms with Gasteiger partial charge in [-0.05, 0) is 51.0 Å². The molecule has 0 aliphatic heterocycles. The van der Waals surface area contributed by atoms with E-state index in [9.17, 15) is 4.79 Å². The zero-order chi connectivity index (χ0) is 18.8. The smallest absolute Gasteiger partial charge is 0.264 e. The van der Waals surface area contributed by atoms with Crippen molar-refractivity contribution in [2.24, 2.45) is 0 Å². The van der Waals surface area contributed by atoms with Gasteiger partial charge in [-0.1, -0.05) is 12.1 Å². The van der Waals surface area contributed by atoms with Crippen molar-refractivity contribution in [2.45, 2.75) is 27.7 Å². The highest BCUT2D eigenvalue weighted by molar-refractivity contribution is 7.20. The number of benzene rings is 1. The van der Waals surface area contributed by atoms with Crippen LogP contribution in [-0.2, 0) is 0 Å². The minimum absolute atomic E-state index is 0.00426. The van der Waals surface area contributed by atoms with Crippen LogP contribution in [0.3, 0.4) is 0 Å². The van der Waals surface area contributed by atoms with E-state index in [0.717, 1.165) is 43.5 Å². The lowest BCUT2D eigenvalue weighted by Crippen LogP contribution is -2.30. The molecule has 0 radical (unpaired) electrons. The molecule has 1 amide bonds. The molecule has 0 N–H and O–H groups in total. The van der Waals surface area contributed by atoms with Crippen LogP contribution in [0.25, 0.3) is 10.2 Å². The molecule has 136 valence electrons. The van der Waals surface area contributed by atoms with Crippen molar-refractivity contribution in [2.75, 3.05) is 20.2 Å². The molecule has 0 saturated heterocycles. The summed E-state index contributed by atoms with van der Waals surface area (Å²) >= 11 is 1.44. The van der Waals surface area contributed by atoms with Gasteiger partial charge < -0.3 is 9.64 Å². The Kier molecular flexibility index (Phi) is 5.23. The molecule has 0 spiro atoms. The van der Waals surface area contributed by atoms with E-state index >= 15 is 0 Å². The molecule has 0 atom stereocenters. The highest BCUT2D eigenvalue weighted by Gasteiger charge is 2.21. The lowest BCUT2D eigenvalue weighted by molar-refractivity contribution is 0.0778. The number of aromatic nitrogens is 2. The van der Waals surface area contributed by atoms with Gasteiger partial charge in [0.25, 0.3) is 5.91 Å². The number of hydrogen-bond donors (Lipinski definition) is 0. The SMILES string of the molecule is Cc1cccc(OCCN(C)C(=O)c2sc3nc(C)nc(C)c3c2C)c1. The molecule has 2 heterocycles. The molecule has 0 aliphatic carbocycles. The lowest BCUT2D eigenvalue weighted by Gasteiger charge is -2.17. The van der Waals surface area contributed by atoms with Crippen LogP contribution in [0.2, 0.25) is 0 Å². The fourth-order valence-corrected chi connectivity index (χ4v) is 4.23. The fourth-order valence-electron chi connectivity index (χ4n) is 2.96. The first-order valence-corrected chi connectivity index (χ1v) is 9.37. The van der Waals surface area contributed by atoms with Crippen molar-refractivity contribution in [1.82, 2.24) is 14.9 Å². The van der Waals surface area contributed by atoms with Gasteiger partial charge in [-0.25, -0.2) is 9.97 Å². The van der Waals surface area contributed by atoms with Crippen LogP contribution in [0.15, 0.2) is 24.3 Å². The zero-order valence-electron chi connectivity index (χ0n) is 15.8. The summed E-state index contributed by atoms with van der Waals surface area (Å²) < 4.78 is 5.75. The number of carbonyl (C=O) groups excluding carboxylic acids is 1. The zero-order valence-corrected chi connectivity index (χ0v) is 16.6. The van der Waals surface area contributed by atoms with Crippen LogP contribution in [0, 0.1) is 27.7 Å². The molecule has 5 nitrogen and oxygen atoms in total. The number of nitrogens with zero attached hydrogens (tertiary/aromatic N) is 3. The van der Waals surface area contributed by atoms with Crippen LogP contribution in [0.5, 0.6) is 5.75 Å². The molecule has 6 heteroatoms. The Morgan fingerprint density at radius 3 is 2.69 bits per heavy atom. The molecule has 0 saturated carbocycles. The van der Waals surface area contributed by atoms with Gasteiger partial charge in [0.05, 0.1) is 11.4 Å². The summed E-state index contributed by atoms with van der Waals surface area (Å²) in [7, 11) is 1.80. The first-order chi connectivity index (χ1) is 12.4. The number of ether oxygens (including phenoxy) is 1. The summed E-state index contributed by atoms with van der Waals surface area (Å²) in [5.74, 6) is 1.55. The molecule has 0 aliphatic rings. The molecule has 0 unspecified atom stereocenters. The molecular formula is C20H23N3O2S. The Balaban J connectivity index is 1.71. The third-order valence-electron chi connectivity index (χ3n) is 4.31. The van der Waals surface area contributed by atoms with Gasteiger partial charge in [-0.2, -0.15) is 0 Å². The Bertz CT molecular complexity index is 965. The van der Waals surface area contributed by atoms with Crippen molar-refractivity contribution in [1.29, 1.82) is 0 Å². The number of thiophene rings is 1. The normalized spacial score (nSPS) is 11.0. The summed E-state index contributed by atoms with van der Waals surface area (Å²) in [6.45, 7) is 8.80. The number of hydrogen-bond acceptors (Lipinski definition) is 5. The van der Waals surface area contributed by atoms with Gasteiger partial charge in [0.1, 0.15) is 23.0 Å². The predicted octanol–water partition coefficient (Wildman–Crippen LogP) is 4.08. The third-order valence-corrected chi connectivity index (χ3v) is 5.48. The summed E-state index contributed by atoms with van der Waals surface area (Å²) in [4.78, 5) is 25.1. The maximum atomic E-state index is 12.9. The molecule has 3 rings (SSSR count). The quantitative estimate of drug-likeness (QED) is 0.680. The summed E-state index contributed by atoms with van der Waals surface area (Å²) in [6, 6.07) is 7.90. The molecule has 26 heavy (non-hydrogen) atoms. The minimum Gasteiger partial charge on any atom is -0.492 e. The van der Waals surface area contributed by atoms with Gasteiger partial charge in [0, 0.05) is 18.1 Å². The monoisotopic (exact) mass is 369 g/mol. The summed E-state index contributed by atoms with van der Waals surface area (Å²) in [6.07, 6.45) is 0. The Labute approximate surface area is 157 Å². The van der Waals surface area contributed by atoms with Crippen LogP contribution >= 0.6 is 11.3 Å². The molecule has 3 aromatic rings. The number of likely N-dealkylation sites (N-methyl/N-ethyl adjacent to an activating group) is 1. The van der Waals surface area contributed by atoms with Crippen molar-refractivity contribution < 1.29 is 9.53 Å². The Hall–Kier alpha value is -2.47. The topological polar surface area (TPSA) is 55.3 Å². The largest absolute Gasteiger partial charge is 0.492 e. The number of amides is 1. The van der Waals surface area contributed by atoms with E-state index in [0.29, 0.717) is 13.2 Å². The van der Waals surface area contributed by atoms with Gasteiger partial charge in [0.15, 0.2) is 0 Å². The van der Waals surface area contributed by atoms with E-state index in [-0.39, 0.29) is 5.91 Å². The average Bonchev–Trinajstić information content (AvgIpc) is 2.90. The number of fused-ring (bicyclic) bond motifs is 1. The Morgan fingerprint density at radius 2 is 1.96 bits per heavy atom. The predicted molar refractivity (Wildman–Crippen MR) is 105 cm³/mol. The summed E-state index contributed by atoms with van der Waals surface area (Å²) in [5, 5.41) is 0.994. The molecular weight excluding hydrogens is 346 g/mol. The minimum atomic E-state index is -0.00426. The van der Waals surface area contributed by atoms with Crippen molar-refractivity contribution >= 4 is 27.5 Å². The standard InChI is InChI=1S/C20H23N3O2S/c1-12-7-6-8-16(11-12)25-10-9-23(5)20(24)18-13(2)17-14(3)21-15(4)22-19(17)26-18/h6-8,11H,9-10H2,1-5H3. The van der Waals surface area contributed by atoms with Crippen molar-refractivity contribution in [3.05, 3.63) is 51.8 Å². The maximum Gasteiger partial charge on any atom is 0.264 e. The number of carbonyl (C=O) groups is 1. The van der Waals surface area contributed by atoms with E-state index in [1.165, 1.54) is 11.3 Å². The van der Waals surface area contributed by atoms with Gasteiger partial charge in [-0.3, -0.25) is 4.79 Å². The molecule has 0 bridgehead atoms. The lowest BCUT2D eigenvalue weighted by atomic mass is 10.1. The Morgan fingerprint density at radius 1 is 1.19 bits per heavy atom. The van der Waals surface area contributed by atoms with Crippen molar-refractivity contribution in [3.63, 3.8) is 0 Å². The summed E-state index contributed by atoms with van der Waals surface area (Å²) in [5.41, 5.74) is 3.03. The molecule has 1 aromatic carbocycles. The van der Waals surface area contributed by atoms with Gasteiger partial charge >= 0.3 is 0 Å². The van der Waals surface area contributed by atoms with Crippen molar-refractivity contribution in [3.8, 4) is 5.75 Å². The fraction of sp³-hybridized carbons (Fsp3) is 0.350. The van der Waals surface area contributed by atoms with Gasteiger partial charge in [-0.15, -0.1) is 11.3 Å². The molecule has 2 aromatic heterocycles.